The highest BCUT2D eigenvalue weighted by Crippen LogP contribution is 2.42. The molecule has 0 aliphatic carbocycles. The van der Waals surface area contributed by atoms with Crippen LogP contribution in [0, 0.1) is 19.7 Å². The lowest BCUT2D eigenvalue weighted by Gasteiger charge is -2.28. The third-order valence-corrected chi connectivity index (χ3v) is 8.06. The van der Waals surface area contributed by atoms with Gasteiger partial charge in [-0.2, -0.15) is 5.10 Å². The predicted molar refractivity (Wildman–Crippen MR) is 170 cm³/mol. The maximum absolute atomic E-state index is 15.7. The summed E-state index contributed by atoms with van der Waals surface area (Å²) in [6.45, 7) is 9.51. The molecule has 0 spiro atoms. The molecule has 1 N–H and O–H groups in total. The van der Waals surface area contributed by atoms with E-state index in [1.54, 1.807) is 39.3 Å². The minimum atomic E-state index is -1.38. The van der Waals surface area contributed by atoms with Crippen LogP contribution in [0.25, 0.3) is 39.3 Å². The van der Waals surface area contributed by atoms with Gasteiger partial charge in [-0.1, -0.05) is 30.3 Å². The van der Waals surface area contributed by atoms with E-state index < -0.39 is 23.5 Å². The van der Waals surface area contributed by atoms with Crippen LogP contribution in [0.4, 0.5) is 4.39 Å². The van der Waals surface area contributed by atoms with Crippen molar-refractivity contribution in [1.29, 1.82) is 0 Å². The van der Waals surface area contributed by atoms with Gasteiger partial charge in [0.05, 0.1) is 30.7 Å². The highest BCUT2D eigenvalue weighted by atomic mass is 19.1. The van der Waals surface area contributed by atoms with Crippen LogP contribution in [0.2, 0.25) is 0 Å². The van der Waals surface area contributed by atoms with Crippen LogP contribution in [0.15, 0.2) is 60.7 Å². The van der Waals surface area contributed by atoms with E-state index in [1.807, 2.05) is 61.5 Å². The number of halogens is 1. The summed E-state index contributed by atoms with van der Waals surface area (Å²) < 4.78 is 34.4. The third-order valence-electron chi connectivity index (χ3n) is 8.06. The average Bonchev–Trinajstić information content (AvgIpc) is 3.44. The van der Waals surface area contributed by atoms with E-state index >= 15 is 4.39 Å². The van der Waals surface area contributed by atoms with Crippen LogP contribution in [-0.4, -0.2) is 45.0 Å². The number of fused-ring (bicyclic) bond motifs is 2. The van der Waals surface area contributed by atoms with Crippen molar-refractivity contribution < 1.29 is 28.5 Å². The second kappa shape index (κ2) is 11.6. The number of methoxy groups -OCH3 is 1. The van der Waals surface area contributed by atoms with Crippen LogP contribution >= 0.6 is 0 Å². The number of hydrogen-bond donors (Lipinski definition) is 1. The van der Waals surface area contributed by atoms with Crippen molar-refractivity contribution in [3.63, 3.8) is 0 Å². The van der Waals surface area contributed by atoms with Crippen molar-refractivity contribution in [3.8, 4) is 45.1 Å². The van der Waals surface area contributed by atoms with Gasteiger partial charge in [0.25, 0.3) is 0 Å². The predicted octanol–water partition coefficient (Wildman–Crippen LogP) is 7.76. The van der Waals surface area contributed by atoms with Gasteiger partial charge in [-0.15, -0.1) is 0 Å². The van der Waals surface area contributed by atoms with Crippen molar-refractivity contribution >= 4 is 11.6 Å². The number of carboxylic acid groups (broad SMARTS) is 1. The largest absolute Gasteiger partial charge is 0.497 e. The lowest BCUT2D eigenvalue weighted by Crippen LogP contribution is -2.29. The number of aromatic nitrogens is 3. The highest BCUT2D eigenvalue weighted by Gasteiger charge is 2.34. The van der Waals surface area contributed by atoms with E-state index in [9.17, 15) is 9.90 Å². The maximum Gasteiger partial charge on any atom is 0.337 e. The third kappa shape index (κ3) is 5.76. The molecule has 1 aliphatic rings. The maximum atomic E-state index is 15.7. The van der Waals surface area contributed by atoms with Gasteiger partial charge in [-0.3, -0.25) is 0 Å². The van der Waals surface area contributed by atoms with Crippen molar-refractivity contribution in [2.75, 3.05) is 13.7 Å². The molecule has 0 saturated carbocycles. The molecule has 232 valence electrons. The van der Waals surface area contributed by atoms with Crippen LogP contribution in [0.3, 0.4) is 0 Å². The van der Waals surface area contributed by atoms with Gasteiger partial charge in [0.1, 0.15) is 5.75 Å². The Labute approximate surface area is 261 Å². The van der Waals surface area contributed by atoms with Crippen LogP contribution < -0.4 is 9.47 Å². The summed E-state index contributed by atoms with van der Waals surface area (Å²) in [5.41, 5.74) is 6.52. The summed E-state index contributed by atoms with van der Waals surface area (Å²) in [6.07, 6.45) is 0.0331. The molecule has 3 heterocycles. The van der Waals surface area contributed by atoms with E-state index in [0.717, 1.165) is 40.0 Å². The van der Waals surface area contributed by atoms with Crippen LogP contribution in [0.1, 0.15) is 55.7 Å². The Kier molecular flexibility index (Phi) is 7.82. The van der Waals surface area contributed by atoms with Gasteiger partial charge >= 0.3 is 5.97 Å². The van der Waals surface area contributed by atoms with Crippen molar-refractivity contribution in [2.45, 2.75) is 59.2 Å². The van der Waals surface area contributed by atoms with E-state index in [2.05, 4.69) is 0 Å². The first-order valence-electron chi connectivity index (χ1n) is 15.0. The van der Waals surface area contributed by atoms with Gasteiger partial charge < -0.3 is 19.3 Å². The molecule has 45 heavy (non-hydrogen) atoms. The zero-order chi connectivity index (χ0) is 32.0. The number of benzene rings is 3. The average molecular weight is 610 g/mol. The van der Waals surface area contributed by atoms with Gasteiger partial charge in [0.15, 0.2) is 23.3 Å². The topological polar surface area (TPSA) is 95.2 Å². The van der Waals surface area contributed by atoms with E-state index in [0.29, 0.717) is 46.9 Å². The highest BCUT2D eigenvalue weighted by molar-refractivity contribution is 5.83. The first kappa shape index (κ1) is 30.3. The van der Waals surface area contributed by atoms with Crippen LogP contribution in [0.5, 0.6) is 11.5 Å². The van der Waals surface area contributed by atoms with E-state index in [-0.39, 0.29) is 5.75 Å². The second-order valence-corrected chi connectivity index (χ2v) is 12.3. The SMILES string of the molecule is COc1ccc(-c2cccc(-c3cc4nc(C)c(C(OC(C)(C)C)C(=O)O)c(-c5cc(F)c6c(c5C)CCCO6)n4n3)c2)cc1. The monoisotopic (exact) mass is 609 g/mol. The first-order chi connectivity index (χ1) is 21.4. The molecule has 1 atom stereocenters. The molecule has 9 heteroatoms. The molecular weight excluding hydrogens is 573 g/mol. The van der Waals surface area contributed by atoms with Crippen molar-refractivity contribution in [1.82, 2.24) is 14.6 Å². The van der Waals surface area contributed by atoms with Gasteiger partial charge in [0.2, 0.25) is 0 Å². The summed E-state index contributed by atoms with van der Waals surface area (Å²) in [6, 6.07) is 19.1. The molecule has 5 aromatic rings. The Morgan fingerprint density at radius 2 is 1.78 bits per heavy atom. The number of aliphatic carboxylic acids is 1. The number of carbonyl (C=O) groups is 1. The molecule has 0 amide bonds. The summed E-state index contributed by atoms with van der Waals surface area (Å²) >= 11 is 0. The standard InChI is InChI=1S/C36H36FN3O5/c1-20-26-11-8-16-44-33(26)28(37)18-27(20)32-31(34(35(41)42)45-36(3,4)5)21(2)38-30-19-29(39-40(30)32)24-10-7-9-23(17-24)22-12-14-25(43-6)15-13-22/h7,9-10,12-15,17-19,34H,8,11,16H2,1-6H3,(H,41,42). The number of nitrogens with zero attached hydrogens (tertiary/aromatic N) is 3. The fourth-order valence-electron chi connectivity index (χ4n) is 5.98. The minimum absolute atomic E-state index is 0.253. The normalized spacial score (nSPS) is 13.8. The smallest absolute Gasteiger partial charge is 0.337 e. The zero-order valence-corrected chi connectivity index (χ0v) is 26.3. The first-order valence-corrected chi connectivity index (χ1v) is 15.0. The van der Waals surface area contributed by atoms with Crippen LogP contribution in [-0.2, 0) is 16.0 Å². The molecule has 1 aliphatic heterocycles. The van der Waals surface area contributed by atoms with E-state index in [4.69, 9.17) is 24.3 Å². The van der Waals surface area contributed by atoms with Gasteiger partial charge in [-0.25, -0.2) is 18.7 Å². The summed E-state index contributed by atoms with van der Waals surface area (Å²) in [5, 5.41) is 15.4. The van der Waals surface area contributed by atoms with Gasteiger partial charge in [-0.05, 0) is 88.4 Å². The molecule has 1 unspecified atom stereocenters. The summed E-state index contributed by atoms with van der Waals surface area (Å²) in [4.78, 5) is 17.6. The molecule has 6 rings (SSSR count). The molecule has 0 radical (unpaired) electrons. The van der Waals surface area contributed by atoms with Gasteiger partial charge in [0, 0.05) is 34.0 Å². The summed E-state index contributed by atoms with van der Waals surface area (Å²) in [5.74, 6) is -0.643. The molecule has 0 fully saturated rings. The van der Waals surface area contributed by atoms with E-state index in [1.165, 1.54) is 6.07 Å². The molecule has 2 aromatic heterocycles. The summed E-state index contributed by atoms with van der Waals surface area (Å²) in [7, 11) is 1.64. The molecule has 3 aromatic carbocycles. The zero-order valence-electron chi connectivity index (χ0n) is 26.3. The Morgan fingerprint density at radius 1 is 1.04 bits per heavy atom. The fourth-order valence-corrected chi connectivity index (χ4v) is 5.98. The molecule has 0 saturated heterocycles. The quantitative estimate of drug-likeness (QED) is 0.202. The molecule has 8 nitrogen and oxygen atoms in total. The molecule has 0 bridgehead atoms. The lowest BCUT2D eigenvalue weighted by molar-refractivity contribution is -0.160. The Hall–Kier alpha value is -4.76. The second-order valence-electron chi connectivity index (χ2n) is 12.3. The molecular formula is C36H36FN3O5. The van der Waals surface area contributed by atoms with Crippen molar-refractivity contribution in [2.24, 2.45) is 0 Å². The number of carboxylic acids is 1. The Morgan fingerprint density at radius 3 is 2.47 bits per heavy atom. The lowest BCUT2D eigenvalue weighted by atomic mass is 9.91. The number of hydrogen-bond acceptors (Lipinski definition) is 6. The Bertz CT molecular complexity index is 1920. The van der Waals surface area contributed by atoms with Crippen molar-refractivity contribution in [3.05, 3.63) is 88.9 Å². The minimum Gasteiger partial charge on any atom is -0.497 e. The fraction of sp³-hybridized carbons (Fsp3) is 0.306. The number of rotatable bonds is 7. The number of aryl methyl sites for hydroxylation is 1. The Balaban J connectivity index is 1.60. The number of ether oxygens (including phenoxy) is 3.